The molecule has 1 aliphatic carbocycles. The number of rotatable bonds is 8. The van der Waals surface area contributed by atoms with Crippen LogP contribution in [0, 0.1) is 12.8 Å². The lowest BCUT2D eigenvalue weighted by atomic mass is 10.2. The number of thiophene rings is 1. The van der Waals surface area contributed by atoms with E-state index in [0.717, 1.165) is 17.7 Å². The van der Waals surface area contributed by atoms with Gasteiger partial charge >= 0.3 is 0 Å². The number of halogens is 1. The van der Waals surface area contributed by atoms with Gasteiger partial charge in [0.25, 0.3) is 10.0 Å². The monoisotopic (exact) mass is 426 g/mol. The van der Waals surface area contributed by atoms with Crippen LogP contribution < -0.4 is 4.72 Å². The number of carbonyl (C=O) groups excluding carboxylic acids is 1. The predicted octanol–water partition coefficient (Wildman–Crippen LogP) is 4.31. The Bertz CT molecular complexity index is 936. The van der Waals surface area contributed by atoms with E-state index in [1.807, 2.05) is 5.38 Å². The van der Waals surface area contributed by atoms with Crippen LogP contribution in [-0.2, 0) is 21.2 Å². The number of benzene rings is 1. The smallest absolute Gasteiger partial charge is 0.262 e. The Morgan fingerprint density at radius 2 is 2.07 bits per heavy atom. The SMILES string of the molecule is Cc1c(Cl)cccc1S(=O)(=O)Nc1ccsc1CCN(C)C(=O)CC1CC1. The topological polar surface area (TPSA) is 66.5 Å². The van der Waals surface area contributed by atoms with Gasteiger partial charge in [0, 0.05) is 36.3 Å². The molecule has 0 unspecified atom stereocenters. The number of nitrogens with one attached hydrogen (secondary N) is 1. The molecular formula is C19H23ClN2O3S2. The Labute approximate surface area is 169 Å². The second-order valence-corrected chi connectivity index (χ2v) is 10.00. The molecule has 0 radical (unpaired) electrons. The van der Waals surface area contributed by atoms with Crippen LogP contribution in [0.4, 0.5) is 5.69 Å². The van der Waals surface area contributed by atoms with E-state index in [1.165, 1.54) is 11.3 Å². The van der Waals surface area contributed by atoms with E-state index in [0.29, 0.717) is 41.6 Å². The Balaban J connectivity index is 1.67. The number of nitrogens with zero attached hydrogens (tertiary/aromatic N) is 1. The van der Waals surface area contributed by atoms with E-state index in [1.54, 1.807) is 43.1 Å². The molecule has 1 N–H and O–H groups in total. The Kier molecular flexibility index (Phi) is 6.13. The molecule has 1 fully saturated rings. The molecule has 3 rings (SSSR count). The number of sulfonamides is 1. The summed E-state index contributed by atoms with van der Waals surface area (Å²) in [5.74, 6) is 0.718. The number of anilines is 1. The first-order chi connectivity index (χ1) is 12.8. The van der Waals surface area contributed by atoms with Gasteiger partial charge in [-0.3, -0.25) is 9.52 Å². The summed E-state index contributed by atoms with van der Waals surface area (Å²) in [6.45, 7) is 2.25. The van der Waals surface area contributed by atoms with Crippen molar-refractivity contribution in [3.63, 3.8) is 0 Å². The average Bonchev–Trinajstić information content (AvgIpc) is 3.32. The third kappa shape index (κ3) is 5.03. The minimum atomic E-state index is -3.73. The molecule has 27 heavy (non-hydrogen) atoms. The highest BCUT2D eigenvalue weighted by molar-refractivity contribution is 7.92. The summed E-state index contributed by atoms with van der Waals surface area (Å²) in [6.07, 6.45) is 3.53. The van der Waals surface area contributed by atoms with E-state index in [-0.39, 0.29) is 10.8 Å². The van der Waals surface area contributed by atoms with Crippen molar-refractivity contribution in [2.75, 3.05) is 18.3 Å². The molecule has 2 aromatic rings. The van der Waals surface area contributed by atoms with Crippen molar-refractivity contribution in [3.05, 3.63) is 45.1 Å². The van der Waals surface area contributed by atoms with Gasteiger partial charge in [0.15, 0.2) is 0 Å². The Hall–Kier alpha value is -1.57. The highest BCUT2D eigenvalue weighted by atomic mass is 35.5. The number of amides is 1. The van der Waals surface area contributed by atoms with Gasteiger partial charge < -0.3 is 4.90 Å². The molecular weight excluding hydrogens is 404 g/mol. The van der Waals surface area contributed by atoms with Crippen molar-refractivity contribution in [2.24, 2.45) is 5.92 Å². The van der Waals surface area contributed by atoms with E-state index >= 15 is 0 Å². The van der Waals surface area contributed by atoms with Crippen molar-refractivity contribution >= 4 is 44.6 Å². The van der Waals surface area contributed by atoms with Crippen LogP contribution in [0.5, 0.6) is 0 Å². The molecule has 0 bridgehead atoms. The first-order valence-corrected chi connectivity index (χ1v) is 11.6. The van der Waals surface area contributed by atoms with Gasteiger partial charge in [-0.15, -0.1) is 11.3 Å². The summed E-state index contributed by atoms with van der Waals surface area (Å²) in [7, 11) is -1.93. The van der Waals surface area contributed by atoms with Gasteiger partial charge in [-0.05, 0) is 54.8 Å². The fraction of sp³-hybridized carbons (Fsp3) is 0.421. The van der Waals surface area contributed by atoms with Crippen LogP contribution >= 0.6 is 22.9 Å². The molecule has 1 heterocycles. The number of likely N-dealkylation sites (N-methyl/N-ethyl adjacent to an activating group) is 1. The maximum Gasteiger partial charge on any atom is 0.262 e. The second-order valence-electron chi connectivity index (χ2n) is 6.94. The Morgan fingerprint density at radius 3 is 2.78 bits per heavy atom. The molecule has 0 aliphatic heterocycles. The molecule has 1 aromatic heterocycles. The predicted molar refractivity (Wildman–Crippen MR) is 110 cm³/mol. The van der Waals surface area contributed by atoms with Crippen LogP contribution in [0.2, 0.25) is 5.02 Å². The fourth-order valence-corrected chi connectivity index (χ4v) is 5.30. The number of carbonyl (C=O) groups is 1. The molecule has 1 aromatic carbocycles. The molecule has 8 heteroatoms. The number of hydrogen-bond acceptors (Lipinski definition) is 4. The zero-order chi connectivity index (χ0) is 19.6. The van der Waals surface area contributed by atoms with Crippen molar-refractivity contribution < 1.29 is 13.2 Å². The summed E-state index contributed by atoms with van der Waals surface area (Å²) in [5.41, 5.74) is 1.08. The van der Waals surface area contributed by atoms with E-state index in [2.05, 4.69) is 4.72 Å². The van der Waals surface area contributed by atoms with Gasteiger partial charge in [0.1, 0.15) is 0 Å². The van der Waals surface area contributed by atoms with Crippen molar-refractivity contribution in [3.8, 4) is 0 Å². The first kappa shape index (κ1) is 20.2. The van der Waals surface area contributed by atoms with Crippen LogP contribution in [0.25, 0.3) is 0 Å². The Morgan fingerprint density at radius 1 is 1.33 bits per heavy atom. The summed E-state index contributed by atoms with van der Waals surface area (Å²) < 4.78 is 28.2. The zero-order valence-electron chi connectivity index (χ0n) is 15.4. The maximum absolute atomic E-state index is 12.8. The van der Waals surface area contributed by atoms with E-state index < -0.39 is 10.0 Å². The molecule has 0 spiro atoms. The van der Waals surface area contributed by atoms with E-state index in [9.17, 15) is 13.2 Å². The van der Waals surface area contributed by atoms with Crippen molar-refractivity contribution in [1.29, 1.82) is 0 Å². The average molecular weight is 427 g/mol. The summed E-state index contributed by atoms with van der Waals surface area (Å²) in [6, 6.07) is 6.59. The van der Waals surface area contributed by atoms with Crippen LogP contribution in [0.3, 0.4) is 0 Å². The van der Waals surface area contributed by atoms with Gasteiger partial charge in [-0.2, -0.15) is 0 Å². The minimum Gasteiger partial charge on any atom is -0.345 e. The molecule has 146 valence electrons. The van der Waals surface area contributed by atoms with Crippen LogP contribution in [-0.4, -0.2) is 32.8 Å². The number of hydrogen-bond donors (Lipinski definition) is 1. The molecule has 0 saturated heterocycles. The van der Waals surface area contributed by atoms with Crippen molar-refractivity contribution in [1.82, 2.24) is 4.90 Å². The molecule has 1 aliphatic rings. The fourth-order valence-electron chi connectivity index (χ4n) is 2.82. The van der Waals surface area contributed by atoms with Crippen LogP contribution in [0.15, 0.2) is 34.5 Å². The molecule has 0 atom stereocenters. The quantitative estimate of drug-likeness (QED) is 0.683. The van der Waals surface area contributed by atoms with E-state index in [4.69, 9.17) is 11.6 Å². The maximum atomic E-state index is 12.8. The van der Waals surface area contributed by atoms with Gasteiger partial charge in [0.05, 0.1) is 10.6 Å². The largest absolute Gasteiger partial charge is 0.345 e. The highest BCUT2D eigenvalue weighted by Crippen LogP contribution is 2.33. The highest BCUT2D eigenvalue weighted by Gasteiger charge is 2.26. The van der Waals surface area contributed by atoms with Gasteiger partial charge in [0.2, 0.25) is 5.91 Å². The second kappa shape index (κ2) is 8.20. The normalized spacial score (nSPS) is 14.2. The summed E-state index contributed by atoms with van der Waals surface area (Å²) >= 11 is 7.54. The third-order valence-corrected chi connectivity index (χ3v) is 7.66. The standard InChI is InChI=1S/C19H23ClN2O3S2/c1-13-15(20)4-3-5-18(13)27(24,25)21-16-9-11-26-17(16)8-10-22(2)19(23)12-14-6-7-14/h3-5,9,11,14,21H,6-8,10,12H2,1-2H3. The molecule has 1 saturated carbocycles. The van der Waals surface area contributed by atoms with Gasteiger partial charge in [-0.1, -0.05) is 17.7 Å². The first-order valence-electron chi connectivity index (χ1n) is 8.86. The third-order valence-electron chi connectivity index (χ3n) is 4.76. The lowest BCUT2D eigenvalue weighted by Gasteiger charge is -2.17. The van der Waals surface area contributed by atoms with Crippen LogP contribution in [0.1, 0.15) is 29.7 Å². The molecule has 1 amide bonds. The van der Waals surface area contributed by atoms with Gasteiger partial charge in [-0.25, -0.2) is 8.42 Å². The minimum absolute atomic E-state index is 0.158. The van der Waals surface area contributed by atoms with Crippen molar-refractivity contribution in [2.45, 2.75) is 37.5 Å². The summed E-state index contributed by atoms with van der Waals surface area (Å²) in [5, 5.41) is 2.27. The summed E-state index contributed by atoms with van der Waals surface area (Å²) in [4.78, 5) is 14.9. The zero-order valence-corrected chi connectivity index (χ0v) is 17.8. The molecule has 5 nitrogen and oxygen atoms in total. The lowest BCUT2D eigenvalue weighted by Crippen LogP contribution is -2.29. The lowest BCUT2D eigenvalue weighted by molar-refractivity contribution is -0.130.